The van der Waals surface area contributed by atoms with Gasteiger partial charge in [0.1, 0.15) is 11.5 Å². The third-order valence-electron chi connectivity index (χ3n) is 5.95. The molecular weight excluding hydrogens is 418 g/mol. The number of amides is 1. The number of ether oxygens (including phenoxy) is 1. The van der Waals surface area contributed by atoms with Crippen molar-refractivity contribution in [2.45, 2.75) is 44.3 Å². The number of allylic oxidation sites excluding steroid dienone is 1. The Morgan fingerprint density at radius 2 is 2.16 bits per heavy atom. The summed E-state index contributed by atoms with van der Waals surface area (Å²) in [6.07, 6.45) is 4.78. The third-order valence-corrected chi connectivity index (χ3v) is 6.29. The summed E-state index contributed by atoms with van der Waals surface area (Å²) in [6, 6.07) is 4.82. The standard InChI is InChI=1S/C22H32ClN5O3/c1-5-6-19(21(30)26(4)22(3,23)15-29)25-20-8-7-17(11-24-20)28-10-9-27(12-16(28)2)18-13-31-14-18/h6-8,11,15-16,18H,5,9-10,12-14H2,1-4H3,(H,24,25)/b19-6+/t16-,22?/m0/s1. The van der Waals surface area contributed by atoms with Crippen LogP contribution in [0.1, 0.15) is 27.2 Å². The van der Waals surface area contributed by atoms with Crippen LogP contribution in [0.4, 0.5) is 11.5 Å². The predicted octanol–water partition coefficient (Wildman–Crippen LogP) is 2.31. The van der Waals surface area contributed by atoms with E-state index in [1.54, 1.807) is 6.08 Å². The number of halogens is 1. The highest BCUT2D eigenvalue weighted by Crippen LogP contribution is 2.24. The van der Waals surface area contributed by atoms with E-state index in [0.29, 0.717) is 36.3 Å². The summed E-state index contributed by atoms with van der Waals surface area (Å²) in [6.45, 7) is 10.3. The normalized spacial score (nSPS) is 22.4. The minimum Gasteiger partial charge on any atom is -0.378 e. The van der Waals surface area contributed by atoms with Crippen LogP contribution in [-0.2, 0) is 14.3 Å². The maximum absolute atomic E-state index is 12.8. The van der Waals surface area contributed by atoms with Crippen molar-refractivity contribution in [1.82, 2.24) is 14.8 Å². The Morgan fingerprint density at radius 1 is 1.42 bits per heavy atom. The van der Waals surface area contributed by atoms with E-state index >= 15 is 0 Å². The number of piperazine rings is 1. The van der Waals surface area contributed by atoms with Crippen LogP contribution in [0.15, 0.2) is 30.1 Å². The van der Waals surface area contributed by atoms with Crippen molar-refractivity contribution in [3.8, 4) is 0 Å². The lowest BCUT2D eigenvalue weighted by molar-refractivity contribution is -0.132. The molecule has 2 aliphatic rings. The molecule has 1 aromatic heterocycles. The topological polar surface area (TPSA) is 78.0 Å². The summed E-state index contributed by atoms with van der Waals surface area (Å²) in [7, 11) is 1.50. The van der Waals surface area contributed by atoms with Crippen LogP contribution in [0.5, 0.6) is 0 Å². The first kappa shape index (κ1) is 23.5. The summed E-state index contributed by atoms with van der Waals surface area (Å²) in [4.78, 5) is 33.2. The molecule has 2 saturated heterocycles. The Bertz CT molecular complexity index is 810. The Labute approximate surface area is 189 Å². The zero-order chi connectivity index (χ0) is 22.6. The summed E-state index contributed by atoms with van der Waals surface area (Å²) >= 11 is 6.13. The van der Waals surface area contributed by atoms with E-state index < -0.39 is 5.00 Å². The van der Waals surface area contributed by atoms with Crippen LogP contribution < -0.4 is 10.2 Å². The van der Waals surface area contributed by atoms with Gasteiger partial charge in [-0.1, -0.05) is 24.6 Å². The molecule has 9 heteroatoms. The number of aldehydes is 1. The lowest BCUT2D eigenvalue weighted by Crippen LogP contribution is -2.59. The number of rotatable bonds is 8. The van der Waals surface area contributed by atoms with Crippen LogP contribution in [0.25, 0.3) is 0 Å². The molecular formula is C22H32ClN5O3. The molecule has 1 amide bonds. The number of anilines is 2. The van der Waals surface area contributed by atoms with Gasteiger partial charge in [0.2, 0.25) is 0 Å². The van der Waals surface area contributed by atoms with Gasteiger partial charge in [-0.3, -0.25) is 14.5 Å². The average molecular weight is 450 g/mol. The monoisotopic (exact) mass is 449 g/mol. The highest BCUT2D eigenvalue weighted by molar-refractivity contribution is 6.32. The van der Waals surface area contributed by atoms with Gasteiger partial charge in [-0.25, -0.2) is 4.98 Å². The van der Waals surface area contributed by atoms with E-state index in [1.807, 2.05) is 25.3 Å². The van der Waals surface area contributed by atoms with E-state index in [-0.39, 0.29) is 5.91 Å². The van der Waals surface area contributed by atoms with Gasteiger partial charge in [0.15, 0.2) is 11.3 Å². The number of carbonyl (C=O) groups is 2. The quantitative estimate of drug-likeness (QED) is 0.282. The number of nitrogens with one attached hydrogen (secondary N) is 1. The number of nitrogens with zero attached hydrogens (tertiary/aromatic N) is 4. The number of hydrogen-bond acceptors (Lipinski definition) is 7. The van der Waals surface area contributed by atoms with Gasteiger partial charge < -0.3 is 19.9 Å². The molecule has 2 aliphatic heterocycles. The van der Waals surface area contributed by atoms with Crippen molar-refractivity contribution in [1.29, 1.82) is 0 Å². The fraction of sp³-hybridized carbons (Fsp3) is 0.591. The van der Waals surface area contributed by atoms with Crippen molar-refractivity contribution >= 4 is 35.3 Å². The second-order valence-corrected chi connectivity index (χ2v) is 9.05. The highest BCUT2D eigenvalue weighted by Gasteiger charge is 2.33. The summed E-state index contributed by atoms with van der Waals surface area (Å²) in [5.41, 5.74) is 1.39. The molecule has 3 heterocycles. The summed E-state index contributed by atoms with van der Waals surface area (Å²) in [5, 5.41) is 3.08. The van der Waals surface area contributed by atoms with Crippen LogP contribution in [0, 0.1) is 0 Å². The summed E-state index contributed by atoms with van der Waals surface area (Å²) < 4.78 is 5.33. The molecule has 0 aliphatic carbocycles. The lowest BCUT2D eigenvalue weighted by Gasteiger charge is -2.46. The molecule has 0 spiro atoms. The van der Waals surface area contributed by atoms with Gasteiger partial charge in [0.25, 0.3) is 5.91 Å². The van der Waals surface area contributed by atoms with Crippen molar-refractivity contribution in [3.63, 3.8) is 0 Å². The Balaban J connectivity index is 1.65. The van der Waals surface area contributed by atoms with Crippen LogP contribution in [0.3, 0.4) is 0 Å². The zero-order valence-corrected chi connectivity index (χ0v) is 19.4. The SMILES string of the molecule is CC/C=C(/Nc1ccc(N2CCN(C3COC3)C[C@@H]2C)cn1)C(=O)N(C)C(C)(Cl)C=O. The van der Waals surface area contributed by atoms with Gasteiger partial charge >= 0.3 is 0 Å². The van der Waals surface area contributed by atoms with Gasteiger partial charge in [-0.15, -0.1) is 0 Å². The Hall–Kier alpha value is -2.16. The molecule has 1 N–H and O–H groups in total. The molecule has 1 aromatic rings. The van der Waals surface area contributed by atoms with E-state index in [1.165, 1.54) is 18.9 Å². The van der Waals surface area contributed by atoms with E-state index in [0.717, 1.165) is 38.5 Å². The number of aromatic nitrogens is 1. The first-order chi connectivity index (χ1) is 14.8. The second kappa shape index (κ2) is 9.97. The number of pyridine rings is 1. The van der Waals surface area contributed by atoms with Gasteiger partial charge in [-0.2, -0.15) is 0 Å². The molecule has 0 aromatic carbocycles. The molecule has 3 rings (SSSR count). The Morgan fingerprint density at radius 3 is 2.68 bits per heavy atom. The molecule has 2 atom stereocenters. The number of hydrogen-bond donors (Lipinski definition) is 1. The second-order valence-electron chi connectivity index (χ2n) is 8.29. The maximum atomic E-state index is 12.8. The fourth-order valence-electron chi connectivity index (χ4n) is 3.76. The predicted molar refractivity (Wildman–Crippen MR) is 122 cm³/mol. The van der Waals surface area contributed by atoms with E-state index in [9.17, 15) is 9.59 Å². The van der Waals surface area contributed by atoms with Crippen molar-refractivity contribution in [3.05, 3.63) is 30.1 Å². The number of alkyl halides is 1. The molecule has 8 nitrogen and oxygen atoms in total. The van der Waals surface area contributed by atoms with Crippen molar-refractivity contribution in [2.75, 3.05) is 50.1 Å². The first-order valence-electron chi connectivity index (χ1n) is 10.7. The van der Waals surface area contributed by atoms with E-state index in [4.69, 9.17) is 16.3 Å². The summed E-state index contributed by atoms with van der Waals surface area (Å²) in [5.74, 6) is 0.188. The highest BCUT2D eigenvalue weighted by atomic mass is 35.5. The molecule has 170 valence electrons. The molecule has 0 bridgehead atoms. The zero-order valence-electron chi connectivity index (χ0n) is 18.7. The van der Waals surface area contributed by atoms with Crippen molar-refractivity contribution < 1.29 is 14.3 Å². The third kappa shape index (κ3) is 5.37. The van der Waals surface area contributed by atoms with Gasteiger partial charge in [-0.05, 0) is 32.4 Å². The number of carbonyl (C=O) groups excluding carboxylic acids is 2. The van der Waals surface area contributed by atoms with Crippen LogP contribution in [-0.4, -0.2) is 84.0 Å². The molecule has 1 unspecified atom stereocenters. The maximum Gasteiger partial charge on any atom is 0.271 e. The molecule has 0 radical (unpaired) electrons. The number of likely N-dealkylation sites (N-methyl/N-ethyl adjacent to an activating group) is 1. The minimum atomic E-state index is -1.41. The molecule has 31 heavy (non-hydrogen) atoms. The largest absolute Gasteiger partial charge is 0.378 e. The van der Waals surface area contributed by atoms with Gasteiger partial charge in [0.05, 0.1) is 31.1 Å². The van der Waals surface area contributed by atoms with Crippen LogP contribution in [0.2, 0.25) is 0 Å². The molecule has 0 saturated carbocycles. The smallest absolute Gasteiger partial charge is 0.271 e. The fourth-order valence-corrected chi connectivity index (χ4v) is 3.83. The molecule has 2 fully saturated rings. The minimum absolute atomic E-state index is 0.337. The van der Waals surface area contributed by atoms with Crippen LogP contribution >= 0.6 is 11.6 Å². The Kier molecular flexibility index (Phi) is 7.56. The van der Waals surface area contributed by atoms with E-state index in [2.05, 4.69) is 27.0 Å². The average Bonchev–Trinajstić information content (AvgIpc) is 2.72. The lowest BCUT2D eigenvalue weighted by atomic mass is 10.1. The van der Waals surface area contributed by atoms with Gasteiger partial charge in [0, 0.05) is 32.7 Å². The van der Waals surface area contributed by atoms with Crippen molar-refractivity contribution in [2.24, 2.45) is 0 Å². The first-order valence-corrected chi connectivity index (χ1v) is 11.1.